The van der Waals surface area contributed by atoms with Gasteiger partial charge in [0.15, 0.2) is 11.5 Å². The highest BCUT2D eigenvalue weighted by Gasteiger charge is 2.15. The molecule has 5 heteroatoms. The fourth-order valence-electron chi connectivity index (χ4n) is 2.89. The van der Waals surface area contributed by atoms with E-state index in [1.807, 2.05) is 38.1 Å². The van der Waals surface area contributed by atoms with Crippen LogP contribution in [0.4, 0.5) is 5.69 Å². The van der Waals surface area contributed by atoms with Crippen LogP contribution < -0.4 is 14.8 Å². The van der Waals surface area contributed by atoms with E-state index in [9.17, 15) is 10.1 Å². The van der Waals surface area contributed by atoms with Gasteiger partial charge in [0.25, 0.3) is 5.91 Å². The van der Waals surface area contributed by atoms with E-state index < -0.39 is 5.91 Å². The number of anilines is 1. The second-order valence-electron chi connectivity index (χ2n) is 6.66. The number of hydrogen-bond donors (Lipinski definition) is 1. The summed E-state index contributed by atoms with van der Waals surface area (Å²) in [6.07, 6.45) is 1.54. The zero-order chi connectivity index (χ0) is 20.7. The minimum Gasteiger partial charge on any atom is -0.493 e. The molecule has 146 valence electrons. The standard InChI is InChI=1S/C23H26N2O3/c1-6-28-20-11-10-17(13-21(20)27-5)12-18(14-24)23(26)25-22-16(4)8-7-9-19(22)15(2)3/h7-13,15H,6H2,1-5H3,(H,25,26)/b18-12+. The summed E-state index contributed by atoms with van der Waals surface area (Å²) >= 11 is 0. The van der Waals surface area contributed by atoms with Crippen molar-refractivity contribution in [3.63, 3.8) is 0 Å². The lowest BCUT2D eigenvalue weighted by Gasteiger charge is -2.16. The molecule has 0 atom stereocenters. The van der Waals surface area contributed by atoms with Crippen molar-refractivity contribution < 1.29 is 14.3 Å². The molecule has 0 aromatic heterocycles. The summed E-state index contributed by atoms with van der Waals surface area (Å²) < 4.78 is 10.8. The van der Waals surface area contributed by atoms with Gasteiger partial charge in [-0.2, -0.15) is 5.26 Å². The molecule has 0 aliphatic heterocycles. The number of aryl methyl sites for hydroxylation is 1. The Labute approximate surface area is 166 Å². The monoisotopic (exact) mass is 378 g/mol. The predicted octanol–water partition coefficient (Wildman–Crippen LogP) is 5.07. The van der Waals surface area contributed by atoms with Crippen LogP contribution >= 0.6 is 0 Å². The molecule has 0 aliphatic carbocycles. The molecule has 0 heterocycles. The molecule has 1 N–H and O–H groups in total. The molecule has 0 aliphatic rings. The van der Waals surface area contributed by atoms with Gasteiger partial charge in [0.05, 0.1) is 13.7 Å². The lowest BCUT2D eigenvalue weighted by atomic mass is 9.98. The van der Waals surface area contributed by atoms with Crippen molar-refractivity contribution in [3.8, 4) is 17.6 Å². The number of nitrogens with one attached hydrogen (secondary N) is 1. The zero-order valence-electron chi connectivity index (χ0n) is 17.0. The Morgan fingerprint density at radius 3 is 2.61 bits per heavy atom. The van der Waals surface area contributed by atoms with Gasteiger partial charge in [0, 0.05) is 5.69 Å². The highest BCUT2D eigenvalue weighted by atomic mass is 16.5. The predicted molar refractivity (Wildman–Crippen MR) is 112 cm³/mol. The van der Waals surface area contributed by atoms with Gasteiger partial charge >= 0.3 is 0 Å². The Kier molecular flexibility index (Phi) is 7.22. The number of methoxy groups -OCH3 is 1. The lowest BCUT2D eigenvalue weighted by molar-refractivity contribution is -0.112. The topological polar surface area (TPSA) is 71.3 Å². The molecule has 5 nitrogen and oxygen atoms in total. The van der Waals surface area contributed by atoms with Crippen molar-refractivity contribution in [1.82, 2.24) is 0 Å². The maximum atomic E-state index is 12.7. The minimum atomic E-state index is -0.438. The number of hydrogen-bond acceptors (Lipinski definition) is 4. The van der Waals surface area contributed by atoms with Gasteiger partial charge in [-0.05, 0) is 54.7 Å². The van der Waals surface area contributed by atoms with Crippen LogP contribution in [0, 0.1) is 18.3 Å². The van der Waals surface area contributed by atoms with E-state index in [0.717, 1.165) is 16.8 Å². The summed E-state index contributed by atoms with van der Waals surface area (Å²) in [5, 5.41) is 12.4. The van der Waals surface area contributed by atoms with E-state index in [2.05, 4.69) is 19.2 Å². The molecule has 0 saturated heterocycles. The van der Waals surface area contributed by atoms with Gasteiger partial charge in [-0.25, -0.2) is 0 Å². The molecular formula is C23H26N2O3. The number of amides is 1. The summed E-state index contributed by atoms with van der Waals surface area (Å²) in [5.74, 6) is 0.979. The van der Waals surface area contributed by atoms with Crippen molar-refractivity contribution in [1.29, 1.82) is 5.26 Å². The highest BCUT2D eigenvalue weighted by Crippen LogP contribution is 2.30. The molecule has 2 aromatic rings. The first kappa shape index (κ1) is 21.0. The Balaban J connectivity index is 2.34. The summed E-state index contributed by atoms with van der Waals surface area (Å²) in [6.45, 7) is 8.48. The second kappa shape index (κ2) is 9.61. The molecule has 1 amide bonds. The third kappa shape index (κ3) is 4.92. The van der Waals surface area contributed by atoms with Crippen LogP contribution in [0.1, 0.15) is 43.4 Å². The lowest BCUT2D eigenvalue weighted by Crippen LogP contribution is -2.16. The van der Waals surface area contributed by atoms with Crippen molar-refractivity contribution in [2.24, 2.45) is 0 Å². The first-order chi connectivity index (χ1) is 13.4. The van der Waals surface area contributed by atoms with E-state index in [-0.39, 0.29) is 11.5 Å². The molecule has 0 fully saturated rings. The van der Waals surface area contributed by atoms with Gasteiger partial charge in [0.1, 0.15) is 11.6 Å². The molecule has 0 unspecified atom stereocenters. The quantitative estimate of drug-likeness (QED) is 0.539. The van der Waals surface area contributed by atoms with E-state index in [0.29, 0.717) is 23.7 Å². The number of para-hydroxylation sites is 1. The molecule has 28 heavy (non-hydrogen) atoms. The fourth-order valence-corrected chi connectivity index (χ4v) is 2.89. The van der Waals surface area contributed by atoms with Crippen molar-refractivity contribution in [2.45, 2.75) is 33.6 Å². The number of carbonyl (C=O) groups excluding carboxylic acids is 1. The third-order valence-electron chi connectivity index (χ3n) is 4.33. The van der Waals surface area contributed by atoms with Crippen molar-refractivity contribution in [3.05, 3.63) is 58.7 Å². The van der Waals surface area contributed by atoms with Crippen LogP contribution in [0.2, 0.25) is 0 Å². The molecule has 0 radical (unpaired) electrons. The molecular weight excluding hydrogens is 352 g/mol. The Morgan fingerprint density at radius 1 is 1.25 bits per heavy atom. The van der Waals surface area contributed by atoms with Crippen molar-refractivity contribution in [2.75, 3.05) is 19.0 Å². The number of carbonyl (C=O) groups is 1. The Hall–Kier alpha value is -3.26. The average Bonchev–Trinajstić information content (AvgIpc) is 2.68. The SMILES string of the molecule is CCOc1ccc(/C=C(\C#N)C(=O)Nc2c(C)cccc2C(C)C)cc1OC. The van der Waals surface area contributed by atoms with Crippen LogP contribution in [0.15, 0.2) is 42.0 Å². The van der Waals surface area contributed by atoms with Crippen LogP contribution in [-0.4, -0.2) is 19.6 Å². The number of nitrogens with zero attached hydrogens (tertiary/aromatic N) is 1. The fraction of sp³-hybridized carbons (Fsp3) is 0.304. The minimum absolute atomic E-state index is 0.0178. The summed E-state index contributed by atoms with van der Waals surface area (Å²) in [6, 6.07) is 13.2. The maximum absolute atomic E-state index is 12.7. The van der Waals surface area contributed by atoms with Crippen LogP contribution in [-0.2, 0) is 4.79 Å². The van der Waals surface area contributed by atoms with Gasteiger partial charge in [-0.3, -0.25) is 4.79 Å². The second-order valence-corrected chi connectivity index (χ2v) is 6.66. The van der Waals surface area contributed by atoms with Gasteiger partial charge in [-0.1, -0.05) is 38.1 Å². The van der Waals surface area contributed by atoms with Gasteiger partial charge < -0.3 is 14.8 Å². The summed E-state index contributed by atoms with van der Waals surface area (Å²) in [7, 11) is 1.55. The molecule has 0 bridgehead atoms. The average molecular weight is 378 g/mol. The van der Waals surface area contributed by atoms with Crippen LogP contribution in [0.3, 0.4) is 0 Å². The normalized spacial score (nSPS) is 11.1. The molecule has 0 spiro atoms. The van der Waals surface area contributed by atoms with Crippen LogP contribution in [0.5, 0.6) is 11.5 Å². The smallest absolute Gasteiger partial charge is 0.266 e. The van der Waals surface area contributed by atoms with E-state index in [1.165, 1.54) is 0 Å². The van der Waals surface area contributed by atoms with Gasteiger partial charge in [-0.15, -0.1) is 0 Å². The molecule has 0 saturated carbocycles. The van der Waals surface area contributed by atoms with Gasteiger partial charge in [0.2, 0.25) is 0 Å². The maximum Gasteiger partial charge on any atom is 0.266 e. The number of nitriles is 1. The first-order valence-electron chi connectivity index (χ1n) is 9.24. The number of ether oxygens (including phenoxy) is 2. The van der Waals surface area contributed by atoms with E-state index >= 15 is 0 Å². The Morgan fingerprint density at radius 2 is 2.00 bits per heavy atom. The highest BCUT2D eigenvalue weighted by molar-refractivity contribution is 6.10. The molecule has 2 aromatic carbocycles. The summed E-state index contributed by atoms with van der Waals surface area (Å²) in [4.78, 5) is 12.7. The zero-order valence-corrected chi connectivity index (χ0v) is 17.0. The van der Waals surface area contributed by atoms with E-state index in [1.54, 1.807) is 31.4 Å². The Bertz CT molecular complexity index is 924. The van der Waals surface area contributed by atoms with E-state index in [4.69, 9.17) is 9.47 Å². The number of rotatable bonds is 7. The first-order valence-corrected chi connectivity index (χ1v) is 9.24. The summed E-state index contributed by atoms with van der Waals surface area (Å²) in [5.41, 5.74) is 3.45. The largest absolute Gasteiger partial charge is 0.493 e. The van der Waals surface area contributed by atoms with Crippen molar-refractivity contribution >= 4 is 17.7 Å². The molecule has 2 rings (SSSR count). The third-order valence-corrected chi connectivity index (χ3v) is 4.33. The van der Waals surface area contributed by atoms with Crippen LogP contribution in [0.25, 0.3) is 6.08 Å². The number of benzene rings is 2.